The third kappa shape index (κ3) is 6.42. The number of carbonyl (C=O) groups excluding carboxylic acids is 3. The fourth-order valence-corrected chi connectivity index (χ4v) is 2.31. The standard InChI is InChI=1S/C19H18F3N3O3/c1-12-7-14(19(20,21)22)9-15(8-12)25-18(28)17(27)24-11-16(26)23-10-13-5-3-2-4-6-13/h2-9H,10-11H2,1H3,(H,23,26)(H,24,27)(H,25,28). The summed E-state index contributed by atoms with van der Waals surface area (Å²) >= 11 is 0. The molecule has 0 atom stereocenters. The van der Waals surface area contributed by atoms with Crippen molar-refractivity contribution in [2.75, 3.05) is 11.9 Å². The van der Waals surface area contributed by atoms with Gasteiger partial charge in [0.2, 0.25) is 5.91 Å². The van der Waals surface area contributed by atoms with Crippen LogP contribution in [0.25, 0.3) is 0 Å². The minimum absolute atomic E-state index is 0.166. The van der Waals surface area contributed by atoms with Crippen LogP contribution in [0.4, 0.5) is 18.9 Å². The van der Waals surface area contributed by atoms with Crippen molar-refractivity contribution in [2.45, 2.75) is 19.6 Å². The zero-order chi connectivity index (χ0) is 20.7. The van der Waals surface area contributed by atoms with Crippen molar-refractivity contribution >= 4 is 23.4 Å². The first kappa shape index (κ1) is 20.9. The summed E-state index contributed by atoms with van der Waals surface area (Å²) in [5, 5.41) is 6.77. The maximum absolute atomic E-state index is 12.8. The van der Waals surface area contributed by atoms with Gasteiger partial charge in [0.1, 0.15) is 0 Å². The SMILES string of the molecule is Cc1cc(NC(=O)C(=O)NCC(=O)NCc2ccccc2)cc(C(F)(F)F)c1. The second kappa shape index (κ2) is 9.03. The topological polar surface area (TPSA) is 87.3 Å². The lowest BCUT2D eigenvalue weighted by Crippen LogP contribution is -2.41. The van der Waals surface area contributed by atoms with Crippen molar-refractivity contribution in [1.82, 2.24) is 10.6 Å². The molecule has 0 spiro atoms. The Kier molecular flexibility index (Phi) is 6.75. The Bertz CT molecular complexity index is 868. The molecule has 0 saturated heterocycles. The molecule has 3 N–H and O–H groups in total. The Labute approximate surface area is 159 Å². The fourth-order valence-electron chi connectivity index (χ4n) is 2.31. The summed E-state index contributed by atoms with van der Waals surface area (Å²) in [6, 6.07) is 12.0. The molecule has 0 radical (unpaired) electrons. The van der Waals surface area contributed by atoms with E-state index in [1.807, 2.05) is 30.3 Å². The summed E-state index contributed by atoms with van der Waals surface area (Å²) in [6.07, 6.45) is -4.58. The lowest BCUT2D eigenvalue weighted by atomic mass is 10.1. The molecule has 0 aliphatic heterocycles. The van der Waals surface area contributed by atoms with Gasteiger partial charge in [-0.25, -0.2) is 0 Å². The summed E-state index contributed by atoms with van der Waals surface area (Å²) in [4.78, 5) is 35.3. The molecule has 0 aromatic heterocycles. The molecule has 2 rings (SSSR count). The molecular formula is C19H18F3N3O3. The molecule has 0 saturated carbocycles. The molecule has 0 fully saturated rings. The maximum Gasteiger partial charge on any atom is 0.416 e. The van der Waals surface area contributed by atoms with E-state index >= 15 is 0 Å². The van der Waals surface area contributed by atoms with Gasteiger partial charge >= 0.3 is 18.0 Å². The van der Waals surface area contributed by atoms with Crippen LogP contribution < -0.4 is 16.0 Å². The second-order valence-corrected chi connectivity index (χ2v) is 5.98. The van der Waals surface area contributed by atoms with Crippen LogP contribution in [0.5, 0.6) is 0 Å². The van der Waals surface area contributed by atoms with E-state index in [9.17, 15) is 27.6 Å². The molecule has 3 amide bonds. The number of rotatable bonds is 5. The number of halogens is 3. The normalized spacial score (nSPS) is 10.9. The highest BCUT2D eigenvalue weighted by atomic mass is 19.4. The highest BCUT2D eigenvalue weighted by Crippen LogP contribution is 2.31. The van der Waals surface area contributed by atoms with Gasteiger partial charge in [0.15, 0.2) is 0 Å². The average molecular weight is 393 g/mol. The summed E-state index contributed by atoms with van der Waals surface area (Å²) in [6.45, 7) is 1.24. The number of aryl methyl sites for hydroxylation is 1. The Morgan fingerprint density at radius 1 is 0.929 bits per heavy atom. The van der Waals surface area contributed by atoms with E-state index in [0.717, 1.165) is 17.7 Å². The molecule has 0 bridgehead atoms. The number of hydrogen-bond acceptors (Lipinski definition) is 3. The van der Waals surface area contributed by atoms with E-state index in [1.54, 1.807) is 0 Å². The molecule has 148 valence electrons. The molecule has 9 heteroatoms. The van der Waals surface area contributed by atoms with Gasteiger partial charge < -0.3 is 16.0 Å². The minimum Gasteiger partial charge on any atom is -0.350 e. The molecule has 0 aliphatic carbocycles. The lowest BCUT2D eigenvalue weighted by molar-refractivity contribution is -0.137. The van der Waals surface area contributed by atoms with Crippen LogP contribution in [-0.2, 0) is 27.1 Å². The van der Waals surface area contributed by atoms with Gasteiger partial charge in [-0.15, -0.1) is 0 Å². The molecular weight excluding hydrogens is 375 g/mol. The van der Waals surface area contributed by atoms with Gasteiger partial charge in [0.25, 0.3) is 0 Å². The van der Waals surface area contributed by atoms with E-state index in [4.69, 9.17) is 0 Å². The zero-order valence-electron chi connectivity index (χ0n) is 14.9. The number of carbonyl (C=O) groups is 3. The largest absolute Gasteiger partial charge is 0.416 e. The van der Waals surface area contributed by atoms with Crippen LogP contribution in [0.15, 0.2) is 48.5 Å². The van der Waals surface area contributed by atoms with Crippen LogP contribution in [-0.4, -0.2) is 24.3 Å². The van der Waals surface area contributed by atoms with Crippen molar-refractivity contribution in [3.05, 3.63) is 65.2 Å². The second-order valence-electron chi connectivity index (χ2n) is 5.98. The molecule has 0 heterocycles. The Morgan fingerprint density at radius 2 is 1.61 bits per heavy atom. The molecule has 6 nitrogen and oxygen atoms in total. The Hall–Kier alpha value is -3.36. The number of anilines is 1. The van der Waals surface area contributed by atoms with E-state index in [-0.39, 0.29) is 17.8 Å². The average Bonchev–Trinajstić information content (AvgIpc) is 2.64. The van der Waals surface area contributed by atoms with E-state index in [0.29, 0.717) is 0 Å². The van der Waals surface area contributed by atoms with Crippen LogP contribution in [0, 0.1) is 6.92 Å². The van der Waals surface area contributed by atoms with E-state index in [2.05, 4.69) is 16.0 Å². The molecule has 28 heavy (non-hydrogen) atoms. The third-order valence-corrected chi connectivity index (χ3v) is 3.61. The van der Waals surface area contributed by atoms with Crippen molar-refractivity contribution < 1.29 is 27.6 Å². The number of amides is 3. The monoisotopic (exact) mass is 393 g/mol. The van der Waals surface area contributed by atoms with Gasteiger partial charge in [-0.05, 0) is 36.2 Å². The van der Waals surface area contributed by atoms with Crippen LogP contribution in [0.2, 0.25) is 0 Å². The minimum atomic E-state index is -4.58. The van der Waals surface area contributed by atoms with Gasteiger partial charge in [-0.3, -0.25) is 14.4 Å². The summed E-state index contributed by atoms with van der Waals surface area (Å²) < 4.78 is 38.4. The first-order chi connectivity index (χ1) is 13.1. The number of nitrogens with one attached hydrogen (secondary N) is 3. The smallest absolute Gasteiger partial charge is 0.350 e. The van der Waals surface area contributed by atoms with E-state index in [1.165, 1.54) is 13.0 Å². The zero-order valence-corrected chi connectivity index (χ0v) is 14.9. The van der Waals surface area contributed by atoms with Gasteiger partial charge in [-0.1, -0.05) is 30.3 Å². The number of alkyl halides is 3. The van der Waals surface area contributed by atoms with Crippen LogP contribution >= 0.6 is 0 Å². The predicted molar refractivity (Wildman–Crippen MR) is 96.1 cm³/mol. The molecule has 0 unspecified atom stereocenters. The van der Waals surface area contributed by atoms with Crippen molar-refractivity contribution in [1.29, 1.82) is 0 Å². The first-order valence-corrected chi connectivity index (χ1v) is 8.24. The Morgan fingerprint density at radius 3 is 2.25 bits per heavy atom. The molecule has 2 aromatic rings. The summed E-state index contributed by atoms with van der Waals surface area (Å²) in [5.41, 5.74) is 0.0233. The lowest BCUT2D eigenvalue weighted by Gasteiger charge is -2.11. The van der Waals surface area contributed by atoms with Crippen LogP contribution in [0.3, 0.4) is 0 Å². The predicted octanol–water partition coefficient (Wildman–Crippen LogP) is 2.38. The van der Waals surface area contributed by atoms with Gasteiger partial charge in [0.05, 0.1) is 12.1 Å². The maximum atomic E-state index is 12.8. The highest BCUT2D eigenvalue weighted by Gasteiger charge is 2.31. The van der Waals surface area contributed by atoms with E-state index < -0.39 is 36.0 Å². The van der Waals surface area contributed by atoms with Crippen LogP contribution in [0.1, 0.15) is 16.7 Å². The molecule has 2 aromatic carbocycles. The van der Waals surface area contributed by atoms with Crippen molar-refractivity contribution in [2.24, 2.45) is 0 Å². The summed E-state index contributed by atoms with van der Waals surface area (Å²) in [5.74, 6) is -2.82. The van der Waals surface area contributed by atoms with Gasteiger partial charge in [0, 0.05) is 12.2 Å². The first-order valence-electron chi connectivity index (χ1n) is 8.24. The van der Waals surface area contributed by atoms with Crippen molar-refractivity contribution in [3.8, 4) is 0 Å². The summed E-state index contributed by atoms with van der Waals surface area (Å²) in [7, 11) is 0. The third-order valence-electron chi connectivity index (χ3n) is 3.61. The fraction of sp³-hybridized carbons (Fsp3) is 0.211. The number of hydrogen-bond donors (Lipinski definition) is 3. The highest BCUT2D eigenvalue weighted by molar-refractivity contribution is 6.39. The Balaban J connectivity index is 1.85. The van der Waals surface area contributed by atoms with Crippen molar-refractivity contribution in [3.63, 3.8) is 0 Å². The number of benzene rings is 2. The quantitative estimate of drug-likeness (QED) is 0.682. The van der Waals surface area contributed by atoms with Gasteiger partial charge in [-0.2, -0.15) is 13.2 Å². The molecule has 0 aliphatic rings.